The zero-order chi connectivity index (χ0) is 15.4. The molecule has 0 aromatic heterocycles. The van der Waals surface area contributed by atoms with E-state index in [4.69, 9.17) is 4.74 Å². The van der Waals surface area contributed by atoms with Crippen LogP contribution in [0.1, 0.15) is 110 Å². The molecule has 21 heavy (non-hydrogen) atoms. The Balaban J connectivity index is 2.90. The Kier molecular flexibility index (Phi) is 19.9. The van der Waals surface area contributed by atoms with E-state index in [1.165, 1.54) is 96.3 Å². The van der Waals surface area contributed by atoms with E-state index in [1.807, 2.05) is 0 Å². The highest BCUT2D eigenvalue weighted by molar-refractivity contribution is 4.48. The zero-order valence-electron chi connectivity index (χ0n) is 14.8. The Morgan fingerprint density at radius 2 is 0.905 bits per heavy atom. The highest BCUT2D eigenvalue weighted by Crippen LogP contribution is 2.11. The average Bonchev–Trinajstić information content (AvgIpc) is 2.50. The lowest BCUT2D eigenvalue weighted by Gasteiger charge is -2.05. The van der Waals surface area contributed by atoms with Gasteiger partial charge in [-0.2, -0.15) is 0 Å². The van der Waals surface area contributed by atoms with Gasteiger partial charge in [0.05, 0.1) is 0 Å². The summed E-state index contributed by atoms with van der Waals surface area (Å²) >= 11 is 0. The van der Waals surface area contributed by atoms with Crippen molar-refractivity contribution in [1.29, 1.82) is 0 Å². The Bertz CT molecular complexity index is 149. The van der Waals surface area contributed by atoms with E-state index in [1.54, 1.807) is 0 Å². The number of unbranched alkanes of at least 4 members (excludes halogenated alkanes) is 14. The molecule has 127 valence electrons. The first-order valence-corrected chi connectivity index (χ1v) is 9.78. The smallest absolute Gasteiger partial charge is 0.0466 e. The van der Waals surface area contributed by atoms with Gasteiger partial charge in [-0.25, -0.2) is 0 Å². The third-order valence-corrected chi connectivity index (χ3v) is 4.18. The Morgan fingerprint density at radius 3 is 1.33 bits per heavy atom. The standard InChI is InChI=1S/C20H41O/c1-3-5-7-9-10-11-12-13-14-16-18-20-21-19-17-15-8-6-4-2/h2-20H2,1H3. The molecule has 0 heterocycles. The second kappa shape index (κ2) is 20.0. The van der Waals surface area contributed by atoms with Crippen LogP contribution in [-0.4, -0.2) is 13.2 Å². The summed E-state index contributed by atoms with van der Waals surface area (Å²) < 4.78 is 5.68. The lowest BCUT2D eigenvalue weighted by molar-refractivity contribution is 0.125. The first kappa shape index (κ1) is 21.0. The van der Waals surface area contributed by atoms with E-state index < -0.39 is 0 Å². The van der Waals surface area contributed by atoms with Crippen LogP contribution in [0.15, 0.2) is 0 Å². The zero-order valence-corrected chi connectivity index (χ0v) is 14.8. The molecule has 0 unspecified atom stereocenters. The predicted octanol–water partition coefficient (Wildman–Crippen LogP) is 7.10. The quantitative estimate of drug-likeness (QED) is 0.245. The number of hydrogen-bond donors (Lipinski definition) is 0. The summed E-state index contributed by atoms with van der Waals surface area (Å²) in [5.74, 6) is 0. The second-order valence-corrected chi connectivity index (χ2v) is 6.42. The summed E-state index contributed by atoms with van der Waals surface area (Å²) in [6.45, 7) is 8.10. The van der Waals surface area contributed by atoms with Crippen molar-refractivity contribution in [2.24, 2.45) is 0 Å². The second-order valence-electron chi connectivity index (χ2n) is 6.42. The van der Waals surface area contributed by atoms with E-state index in [0.29, 0.717) is 0 Å². The van der Waals surface area contributed by atoms with Crippen LogP contribution in [0.3, 0.4) is 0 Å². The number of hydrogen-bond acceptors (Lipinski definition) is 1. The summed E-state index contributed by atoms with van der Waals surface area (Å²) in [6, 6.07) is 0. The normalized spacial score (nSPS) is 11.1. The number of ether oxygens (including phenoxy) is 1. The van der Waals surface area contributed by atoms with E-state index in [0.717, 1.165) is 19.6 Å². The lowest BCUT2D eigenvalue weighted by atomic mass is 10.1. The molecule has 1 nitrogen and oxygen atoms in total. The maximum atomic E-state index is 5.68. The molecule has 0 rings (SSSR count). The molecular formula is C20H41O. The third kappa shape index (κ3) is 20.0. The summed E-state index contributed by atoms with van der Waals surface area (Å²) in [5, 5.41) is 0. The topological polar surface area (TPSA) is 9.23 Å². The van der Waals surface area contributed by atoms with Crippen molar-refractivity contribution in [1.82, 2.24) is 0 Å². The van der Waals surface area contributed by atoms with Gasteiger partial charge in [0.1, 0.15) is 0 Å². The molecule has 0 N–H and O–H groups in total. The molecule has 0 bridgehead atoms. The Hall–Kier alpha value is -0.0400. The molecule has 0 aromatic carbocycles. The van der Waals surface area contributed by atoms with Gasteiger partial charge in [0.25, 0.3) is 0 Å². The summed E-state index contributed by atoms with van der Waals surface area (Å²) in [6.07, 6.45) is 21.7. The largest absolute Gasteiger partial charge is 0.381 e. The molecule has 0 aliphatic carbocycles. The van der Waals surface area contributed by atoms with Crippen LogP contribution < -0.4 is 0 Å². The lowest BCUT2D eigenvalue weighted by Crippen LogP contribution is -1.97. The Labute approximate surface area is 135 Å². The van der Waals surface area contributed by atoms with Gasteiger partial charge in [-0.15, -0.1) is 0 Å². The molecular weight excluding hydrogens is 256 g/mol. The molecule has 0 amide bonds. The van der Waals surface area contributed by atoms with Gasteiger partial charge < -0.3 is 4.74 Å². The SMILES string of the molecule is [CH2]CCCCCCOCCCCCCCCCCCCC. The maximum absolute atomic E-state index is 5.68. The van der Waals surface area contributed by atoms with E-state index in [-0.39, 0.29) is 0 Å². The van der Waals surface area contributed by atoms with Crippen LogP contribution in [-0.2, 0) is 4.74 Å². The molecule has 0 aliphatic rings. The first-order chi connectivity index (χ1) is 10.4. The first-order valence-electron chi connectivity index (χ1n) is 9.78. The highest BCUT2D eigenvalue weighted by atomic mass is 16.5. The summed E-state index contributed by atoms with van der Waals surface area (Å²) in [7, 11) is 0. The molecule has 0 saturated heterocycles. The van der Waals surface area contributed by atoms with Gasteiger partial charge >= 0.3 is 0 Å². The molecule has 0 aromatic rings. The minimum atomic E-state index is 0.967. The van der Waals surface area contributed by atoms with Crippen molar-refractivity contribution in [3.8, 4) is 0 Å². The van der Waals surface area contributed by atoms with Crippen LogP contribution in [0.25, 0.3) is 0 Å². The van der Waals surface area contributed by atoms with Crippen LogP contribution >= 0.6 is 0 Å². The van der Waals surface area contributed by atoms with Crippen LogP contribution in [0.2, 0.25) is 0 Å². The van der Waals surface area contributed by atoms with Gasteiger partial charge in [-0.05, 0) is 12.8 Å². The molecule has 0 saturated carbocycles. The van der Waals surface area contributed by atoms with Gasteiger partial charge in [0.15, 0.2) is 0 Å². The molecule has 0 atom stereocenters. The van der Waals surface area contributed by atoms with Crippen molar-refractivity contribution in [3.05, 3.63) is 6.92 Å². The molecule has 1 heteroatoms. The Morgan fingerprint density at radius 1 is 0.524 bits per heavy atom. The van der Waals surface area contributed by atoms with E-state index >= 15 is 0 Å². The fourth-order valence-corrected chi connectivity index (χ4v) is 2.70. The van der Waals surface area contributed by atoms with Crippen molar-refractivity contribution < 1.29 is 4.74 Å². The van der Waals surface area contributed by atoms with Gasteiger partial charge in [-0.1, -0.05) is 104 Å². The predicted molar refractivity (Wildman–Crippen MR) is 95.7 cm³/mol. The fourth-order valence-electron chi connectivity index (χ4n) is 2.70. The molecule has 0 aliphatic heterocycles. The van der Waals surface area contributed by atoms with E-state index in [2.05, 4.69) is 13.8 Å². The minimum absolute atomic E-state index is 0.967. The fraction of sp³-hybridized carbons (Fsp3) is 0.950. The van der Waals surface area contributed by atoms with Crippen molar-refractivity contribution >= 4 is 0 Å². The average molecular weight is 298 g/mol. The van der Waals surface area contributed by atoms with Gasteiger partial charge in [-0.3, -0.25) is 0 Å². The third-order valence-electron chi connectivity index (χ3n) is 4.18. The molecule has 0 spiro atoms. The summed E-state index contributed by atoms with van der Waals surface area (Å²) in [4.78, 5) is 0. The molecule has 1 radical (unpaired) electrons. The highest BCUT2D eigenvalue weighted by Gasteiger charge is 1.94. The van der Waals surface area contributed by atoms with Crippen molar-refractivity contribution in [2.45, 2.75) is 110 Å². The molecule has 0 fully saturated rings. The van der Waals surface area contributed by atoms with E-state index in [9.17, 15) is 0 Å². The monoisotopic (exact) mass is 297 g/mol. The van der Waals surface area contributed by atoms with Gasteiger partial charge in [0.2, 0.25) is 0 Å². The van der Waals surface area contributed by atoms with Crippen LogP contribution in [0, 0.1) is 6.92 Å². The number of rotatable bonds is 18. The summed E-state index contributed by atoms with van der Waals surface area (Å²) in [5.41, 5.74) is 0. The van der Waals surface area contributed by atoms with Crippen LogP contribution in [0.4, 0.5) is 0 Å². The van der Waals surface area contributed by atoms with Crippen LogP contribution in [0.5, 0.6) is 0 Å². The van der Waals surface area contributed by atoms with Crippen molar-refractivity contribution in [2.75, 3.05) is 13.2 Å². The minimum Gasteiger partial charge on any atom is -0.381 e. The maximum Gasteiger partial charge on any atom is 0.0466 e. The van der Waals surface area contributed by atoms with Gasteiger partial charge in [0, 0.05) is 13.2 Å². The van der Waals surface area contributed by atoms with Crippen molar-refractivity contribution in [3.63, 3.8) is 0 Å².